The monoisotopic (exact) mass is 508 g/mol. The summed E-state index contributed by atoms with van der Waals surface area (Å²) in [6.07, 6.45) is 1.20. The second-order valence-corrected chi connectivity index (χ2v) is 10.7. The number of aromatic nitrogens is 3. The summed E-state index contributed by atoms with van der Waals surface area (Å²) in [5.74, 6) is -0.913. The minimum Gasteiger partial charge on any atom is -0.375 e. The first-order valence-corrected chi connectivity index (χ1v) is 12.3. The maximum atomic E-state index is 15.7. The standard InChI is InChI=1S/C20H15ClF2N6O2S2/c1-2-33(30,31)29-6-9(7-29)27-19-11-5-12(21)14(15(23)16(11)25-8-26-19)10-3-4-13(22)18-17(10)28-20(24)32-18/h2-5,8-9H,1,6-7H2,(H2,24,28)(H,25,26,27). The fourth-order valence-electron chi connectivity index (χ4n) is 3.72. The average molecular weight is 509 g/mol. The molecule has 1 saturated heterocycles. The van der Waals surface area contributed by atoms with E-state index in [9.17, 15) is 12.8 Å². The molecule has 0 atom stereocenters. The third-order valence-electron chi connectivity index (χ3n) is 5.36. The van der Waals surface area contributed by atoms with Crippen molar-refractivity contribution in [3.8, 4) is 11.1 Å². The molecule has 2 aromatic heterocycles. The fourth-order valence-corrected chi connectivity index (χ4v) is 5.77. The van der Waals surface area contributed by atoms with E-state index in [1.54, 1.807) is 0 Å². The number of nitrogen functional groups attached to an aromatic ring is 1. The number of benzene rings is 2. The van der Waals surface area contributed by atoms with E-state index in [2.05, 4.69) is 26.8 Å². The first-order valence-electron chi connectivity index (χ1n) is 9.56. The lowest BCUT2D eigenvalue weighted by Gasteiger charge is -2.37. The van der Waals surface area contributed by atoms with Gasteiger partial charge in [-0.15, -0.1) is 0 Å². The number of hydrogen-bond acceptors (Lipinski definition) is 8. The van der Waals surface area contributed by atoms with E-state index >= 15 is 4.39 Å². The first-order chi connectivity index (χ1) is 15.7. The molecule has 1 fully saturated rings. The number of thiazole rings is 1. The molecule has 3 N–H and O–H groups in total. The lowest BCUT2D eigenvalue weighted by atomic mass is 10.0. The van der Waals surface area contributed by atoms with Crippen molar-refractivity contribution in [2.24, 2.45) is 0 Å². The molecule has 0 aliphatic carbocycles. The van der Waals surface area contributed by atoms with Gasteiger partial charge in [0.2, 0.25) is 10.0 Å². The molecule has 0 bridgehead atoms. The van der Waals surface area contributed by atoms with Crippen LogP contribution in [0.4, 0.5) is 19.7 Å². The summed E-state index contributed by atoms with van der Waals surface area (Å²) in [6, 6.07) is 3.89. The number of nitrogens with one attached hydrogen (secondary N) is 1. The van der Waals surface area contributed by atoms with Gasteiger partial charge in [-0.1, -0.05) is 29.5 Å². The maximum absolute atomic E-state index is 15.7. The van der Waals surface area contributed by atoms with E-state index in [0.29, 0.717) is 16.8 Å². The molecule has 0 amide bonds. The molecule has 0 saturated carbocycles. The Kier molecular flexibility index (Phi) is 5.20. The summed E-state index contributed by atoms with van der Waals surface area (Å²) in [4.78, 5) is 12.4. The molecule has 33 heavy (non-hydrogen) atoms. The predicted octanol–water partition coefficient (Wildman–Crippen LogP) is 3.99. The van der Waals surface area contributed by atoms with Crippen LogP contribution in [0.5, 0.6) is 0 Å². The Morgan fingerprint density at radius 3 is 2.76 bits per heavy atom. The minimum absolute atomic E-state index is 0.00229. The topological polar surface area (TPSA) is 114 Å². The van der Waals surface area contributed by atoms with E-state index in [1.165, 1.54) is 28.8 Å². The summed E-state index contributed by atoms with van der Waals surface area (Å²) >= 11 is 7.44. The van der Waals surface area contributed by atoms with Crippen molar-refractivity contribution >= 4 is 65.0 Å². The van der Waals surface area contributed by atoms with Crippen LogP contribution in [0.15, 0.2) is 36.5 Å². The average Bonchev–Trinajstić information content (AvgIpc) is 3.14. The third kappa shape index (κ3) is 3.59. The Morgan fingerprint density at radius 2 is 2.03 bits per heavy atom. The summed E-state index contributed by atoms with van der Waals surface area (Å²) in [5.41, 5.74) is 6.27. The van der Waals surface area contributed by atoms with Gasteiger partial charge < -0.3 is 11.1 Å². The van der Waals surface area contributed by atoms with Gasteiger partial charge in [0.05, 0.1) is 21.3 Å². The number of hydrogen-bond donors (Lipinski definition) is 2. The highest BCUT2D eigenvalue weighted by Crippen LogP contribution is 2.41. The smallest absolute Gasteiger partial charge is 0.235 e. The van der Waals surface area contributed by atoms with Gasteiger partial charge in [0.1, 0.15) is 23.5 Å². The number of nitrogens with zero attached hydrogens (tertiary/aromatic N) is 4. The Bertz CT molecular complexity index is 1550. The van der Waals surface area contributed by atoms with Crippen molar-refractivity contribution in [1.82, 2.24) is 19.3 Å². The summed E-state index contributed by atoms with van der Waals surface area (Å²) in [6.45, 7) is 3.73. The third-order valence-corrected chi connectivity index (χ3v) is 7.99. The minimum atomic E-state index is -3.50. The van der Waals surface area contributed by atoms with Crippen LogP contribution >= 0.6 is 22.9 Å². The van der Waals surface area contributed by atoms with E-state index < -0.39 is 21.7 Å². The highest BCUT2D eigenvalue weighted by atomic mass is 35.5. The van der Waals surface area contributed by atoms with Crippen LogP contribution < -0.4 is 11.1 Å². The normalized spacial score (nSPS) is 15.1. The van der Waals surface area contributed by atoms with Gasteiger partial charge in [0.15, 0.2) is 10.9 Å². The molecule has 3 heterocycles. The molecule has 8 nitrogen and oxygen atoms in total. The van der Waals surface area contributed by atoms with Gasteiger partial charge in [-0.3, -0.25) is 0 Å². The SMILES string of the molecule is C=CS(=O)(=O)N1CC(Nc2ncnc3c(F)c(-c4ccc(F)c5sc(N)nc45)c(Cl)cc23)C1. The Labute approximate surface area is 195 Å². The van der Waals surface area contributed by atoms with Crippen molar-refractivity contribution in [2.75, 3.05) is 24.1 Å². The second kappa shape index (κ2) is 7.83. The van der Waals surface area contributed by atoms with Crippen LogP contribution in [0, 0.1) is 11.6 Å². The molecule has 5 rings (SSSR count). The zero-order valence-corrected chi connectivity index (χ0v) is 19.1. The lowest BCUT2D eigenvalue weighted by molar-refractivity contribution is 0.284. The number of fused-ring (bicyclic) bond motifs is 2. The van der Waals surface area contributed by atoms with Crippen molar-refractivity contribution in [3.05, 3.63) is 53.2 Å². The van der Waals surface area contributed by atoms with Crippen LogP contribution in [0.3, 0.4) is 0 Å². The van der Waals surface area contributed by atoms with Crippen molar-refractivity contribution in [3.63, 3.8) is 0 Å². The molecular weight excluding hydrogens is 494 g/mol. The van der Waals surface area contributed by atoms with Crippen molar-refractivity contribution < 1.29 is 17.2 Å². The number of nitrogens with two attached hydrogens (primary N) is 1. The van der Waals surface area contributed by atoms with E-state index in [1.807, 2.05) is 0 Å². The molecule has 4 aromatic rings. The zero-order valence-electron chi connectivity index (χ0n) is 16.7. The number of halogens is 3. The van der Waals surface area contributed by atoms with Crippen LogP contribution in [0.1, 0.15) is 0 Å². The van der Waals surface area contributed by atoms with E-state index in [4.69, 9.17) is 17.3 Å². The highest BCUT2D eigenvalue weighted by molar-refractivity contribution is 7.92. The Balaban J connectivity index is 1.56. The maximum Gasteiger partial charge on any atom is 0.235 e. The molecular formula is C20H15ClF2N6O2S2. The molecule has 0 unspecified atom stereocenters. The Hall–Kier alpha value is -2.93. The molecule has 1 aliphatic rings. The molecule has 2 aromatic carbocycles. The van der Waals surface area contributed by atoms with Gasteiger partial charge in [-0.25, -0.2) is 32.2 Å². The highest BCUT2D eigenvalue weighted by Gasteiger charge is 2.34. The van der Waals surface area contributed by atoms with Gasteiger partial charge in [0.25, 0.3) is 0 Å². The lowest BCUT2D eigenvalue weighted by Crippen LogP contribution is -2.56. The Morgan fingerprint density at radius 1 is 1.27 bits per heavy atom. The van der Waals surface area contributed by atoms with Crippen LogP contribution in [0.25, 0.3) is 32.2 Å². The van der Waals surface area contributed by atoms with E-state index in [-0.39, 0.29) is 50.6 Å². The molecule has 0 radical (unpaired) electrons. The van der Waals surface area contributed by atoms with Gasteiger partial charge in [0, 0.05) is 35.0 Å². The van der Waals surface area contributed by atoms with Gasteiger partial charge in [-0.2, -0.15) is 4.31 Å². The second-order valence-electron chi connectivity index (χ2n) is 7.36. The largest absolute Gasteiger partial charge is 0.375 e. The number of sulfonamides is 1. The fraction of sp³-hybridized carbons (Fsp3) is 0.150. The van der Waals surface area contributed by atoms with Crippen molar-refractivity contribution in [1.29, 1.82) is 0 Å². The first kappa shape index (κ1) is 21.9. The summed E-state index contributed by atoms with van der Waals surface area (Å²) in [7, 11) is -3.50. The van der Waals surface area contributed by atoms with E-state index in [0.717, 1.165) is 16.7 Å². The zero-order chi connectivity index (χ0) is 23.5. The molecule has 1 aliphatic heterocycles. The summed E-state index contributed by atoms with van der Waals surface area (Å²) < 4.78 is 55.0. The van der Waals surface area contributed by atoms with Crippen LogP contribution in [-0.2, 0) is 10.0 Å². The predicted molar refractivity (Wildman–Crippen MR) is 126 cm³/mol. The molecule has 0 spiro atoms. The molecule has 170 valence electrons. The molecule has 13 heteroatoms. The number of rotatable bonds is 5. The van der Waals surface area contributed by atoms with Gasteiger partial charge in [-0.05, 0) is 18.2 Å². The quantitative estimate of drug-likeness (QED) is 0.419. The van der Waals surface area contributed by atoms with Crippen LogP contribution in [-0.4, -0.2) is 46.8 Å². The van der Waals surface area contributed by atoms with Crippen molar-refractivity contribution in [2.45, 2.75) is 6.04 Å². The number of anilines is 2. The summed E-state index contributed by atoms with van der Waals surface area (Å²) in [5, 5.41) is 4.53. The van der Waals surface area contributed by atoms with Crippen LogP contribution in [0.2, 0.25) is 5.02 Å². The van der Waals surface area contributed by atoms with Gasteiger partial charge >= 0.3 is 0 Å².